The zero-order valence-electron chi connectivity index (χ0n) is 7.93. The third-order valence-electron chi connectivity index (χ3n) is 3.51. The van der Waals surface area contributed by atoms with Crippen LogP contribution in [0.1, 0.15) is 38.5 Å². The highest BCUT2D eigenvalue weighted by Crippen LogP contribution is 2.33. The molecule has 1 saturated carbocycles. The summed E-state index contributed by atoms with van der Waals surface area (Å²) >= 11 is 0. The summed E-state index contributed by atoms with van der Waals surface area (Å²) in [5.41, 5.74) is 1.21. The lowest BCUT2D eigenvalue weighted by Gasteiger charge is -2.31. The molecule has 1 nitrogen and oxygen atoms in total. The Bertz CT molecular complexity index is 112. The van der Waals surface area contributed by atoms with E-state index >= 15 is 0 Å². The van der Waals surface area contributed by atoms with Gasteiger partial charge in [0, 0.05) is 6.61 Å². The molecular weight excluding hydrogens is 180 g/mol. The van der Waals surface area contributed by atoms with E-state index in [0.717, 1.165) is 6.61 Å². The fourth-order valence-electron chi connectivity index (χ4n) is 2.74. The molecule has 0 aromatic rings. The quantitative estimate of drug-likeness (QED) is 0.584. The Morgan fingerprint density at radius 2 is 1.92 bits per heavy atom. The molecule has 1 heterocycles. The summed E-state index contributed by atoms with van der Waals surface area (Å²) in [6.07, 6.45) is 9.13. The second-order valence-corrected chi connectivity index (χ2v) is 12.3. The van der Waals surface area contributed by atoms with Crippen molar-refractivity contribution in [2.75, 3.05) is 6.61 Å². The van der Waals surface area contributed by atoms with E-state index in [4.69, 9.17) is 4.43 Å². The molecule has 1 atom stereocenters. The fraction of sp³-hybridized carbons (Fsp3) is 1.00. The normalized spacial score (nSPS) is 35.5. The van der Waals surface area contributed by atoms with E-state index < -0.39 is 0 Å². The summed E-state index contributed by atoms with van der Waals surface area (Å²) in [6.45, 7) is 1.11. The van der Waals surface area contributed by atoms with Crippen LogP contribution in [0, 0.1) is 0 Å². The molecule has 2 fully saturated rings. The molecule has 3 heteroatoms. The summed E-state index contributed by atoms with van der Waals surface area (Å²) in [7, 11) is -0.274. The first kappa shape index (κ1) is 8.97. The van der Waals surface area contributed by atoms with Gasteiger partial charge in [0.2, 0.25) is 0 Å². The van der Waals surface area contributed by atoms with Gasteiger partial charge >= 0.3 is 0 Å². The van der Waals surface area contributed by atoms with Crippen LogP contribution in [0.3, 0.4) is 0 Å². The van der Waals surface area contributed by atoms with Crippen molar-refractivity contribution in [1.29, 1.82) is 0 Å². The molecule has 0 aromatic heterocycles. The van der Waals surface area contributed by atoms with Crippen molar-refractivity contribution in [3.05, 3.63) is 0 Å². The van der Waals surface area contributed by atoms with Gasteiger partial charge in [0.1, 0.15) is 9.28 Å². The van der Waals surface area contributed by atoms with Crippen LogP contribution < -0.4 is 0 Å². The van der Waals surface area contributed by atoms with Gasteiger partial charge in [-0.05, 0) is 12.0 Å². The van der Waals surface area contributed by atoms with Crippen LogP contribution in [0.5, 0.6) is 0 Å². The monoisotopic (exact) mass is 200 g/mol. The Balaban J connectivity index is 1.80. The molecule has 0 amide bonds. The van der Waals surface area contributed by atoms with Gasteiger partial charge < -0.3 is 4.43 Å². The van der Waals surface area contributed by atoms with Crippen LogP contribution in [-0.2, 0) is 4.43 Å². The van der Waals surface area contributed by atoms with Gasteiger partial charge in [-0.15, -0.1) is 0 Å². The topological polar surface area (TPSA) is 9.23 Å². The molecular formula is C9H20OSi2. The largest absolute Gasteiger partial charge is 0.428 e. The van der Waals surface area contributed by atoms with E-state index in [1.807, 2.05) is 0 Å². The number of hydrogen-bond acceptors (Lipinski definition) is 1. The Morgan fingerprint density at radius 3 is 2.58 bits per heavy atom. The van der Waals surface area contributed by atoms with Crippen LogP contribution >= 0.6 is 0 Å². The SMILES string of the molecule is C1CCC([SiH]2CCCO[SiH2]2)CC1. The maximum absolute atomic E-state index is 5.74. The third-order valence-corrected chi connectivity index (χ3v) is 12.8. The zero-order valence-corrected chi connectivity index (χ0v) is 10.5. The van der Waals surface area contributed by atoms with Gasteiger partial charge in [-0.2, -0.15) is 0 Å². The standard InChI is InChI=1S/C9H20OSi2/c1-2-5-9(6-3-1)12-8-4-7-10-11-12/h9,12H,1-8,11H2. The molecule has 1 saturated heterocycles. The molecule has 1 aliphatic carbocycles. The highest BCUT2D eigenvalue weighted by atomic mass is 29.2. The molecule has 70 valence electrons. The minimum absolute atomic E-state index is 0.0165. The highest BCUT2D eigenvalue weighted by molar-refractivity contribution is 7.10. The number of rotatable bonds is 1. The van der Waals surface area contributed by atoms with Gasteiger partial charge in [0.05, 0.1) is 8.31 Å². The van der Waals surface area contributed by atoms with Crippen molar-refractivity contribution in [1.82, 2.24) is 0 Å². The van der Waals surface area contributed by atoms with Crippen molar-refractivity contribution in [3.63, 3.8) is 0 Å². The van der Waals surface area contributed by atoms with Crippen molar-refractivity contribution in [2.24, 2.45) is 0 Å². The van der Waals surface area contributed by atoms with Gasteiger partial charge in [-0.1, -0.05) is 38.1 Å². The maximum atomic E-state index is 5.74. The molecule has 2 rings (SSSR count). The third kappa shape index (κ3) is 2.21. The molecule has 1 aliphatic heterocycles. The summed E-state index contributed by atoms with van der Waals surface area (Å²) in [6, 6.07) is 1.64. The van der Waals surface area contributed by atoms with E-state index in [-0.39, 0.29) is 17.6 Å². The van der Waals surface area contributed by atoms with Gasteiger partial charge in [-0.25, -0.2) is 0 Å². The first-order valence-corrected chi connectivity index (χ1v) is 10.9. The highest BCUT2D eigenvalue weighted by Gasteiger charge is 2.27. The van der Waals surface area contributed by atoms with Gasteiger partial charge in [0.25, 0.3) is 0 Å². The molecule has 0 spiro atoms. The first-order valence-electron chi connectivity index (χ1n) is 5.54. The van der Waals surface area contributed by atoms with E-state index in [9.17, 15) is 0 Å². The lowest BCUT2D eigenvalue weighted by atomic mass is 10.0. The molecule has 1 unspecified atom stereocenters. The van der Waals surface area contributed by atoms with Crippen LogP contribution in [0.15, 0.2) is 0 Å². The van der Waals surface area contributed by atoms with Crippen LogP contribution in [0.25, 0.3) is 0 Å². The van der Waals surface area contributed by atoms with Gasteiger partial charge in [-0.3, -0.25) is 0 Å². The fourth-order valence-corrected chi connectivity index (χ4v) is 11.4. The van der Waals surface area contributed by atoms with Crippen LogP contribution in [-0.4, -0.2) is 24.2 Å². The van der Waals surface area contributed by atoms with E-state index in [1.165, 1.54) is 31.2 Å². The Labute approximate surface area is 79.2 Å². The van der Waals surface area contributed by atoms with Crippen LogP contribution in [0.4, 0.5) is 0 Å². The minimum Gasteiger partial charge on any atom is -0.428 e. The Kier molecular flexibility index (Phi) is 3.42. The van der Waals surface area contributed by atoms with Crippen molar-refractivity contribution < 1.29 is 4.43 Å². The summed E-state index contributed by atoms with van der Waals surface area (Å²) < 4.78 is 5.74. The van der Waals surface area contributed by atoms with Crippen LogP contribution in [0.2, 0.25) is 11.6 Å². The van der Waals surface area contributed by atoms with Crippen molar-refractivity contribution in [3.8, 4) is 0 Å². The van der Waals surface area contributed by atoms with E-state index in [1.54, 1.807) is 18.9 Å². The summed E-state index contributed by atoms with van der Waals surface area (Å²) in [5, 5.41) is 0. The second kappa shape index (κ2) is 4.58. The maximum Gasteiger partial charge on any atom is 0.147 e. The molecule has 0 bridgehead atoms. The predicted molar refractivity (Wildman–Crippen MR) is 57.9 cm³/mol. The second-order valence-electron chi connectivity index (χ2n) is 4.38. The van der Waals surface area contributed by atoms with E-state index in [2.05, 4.69) is 0 Å². The molecule has 12 heavy (non-hydrogen) atoms. The molecule has 2 aliphatic rings. The number of hydrogen-bond donors (Lipinski definition) is 0. The van der Waals surface area contributed by atoms with Crippen molar-refractivity contribution >= 4 is 17.6 Å². The van der Waals surface area contributed by atoms with Gasteiger partial charge in [0.15, 0.2) is 0 Å². The predicted octanol–water partition coefficient (Wildman–Crippen LogP) is 1.55. The Hall–Kier alpha value is 0.394. The lowest BCUT2D eigenvalue weighted by Crippen LogP contribution is -2.35. The molecule has 0 radical (unpaired) electrons. The molecule has 0 aromatic carbocycles. The lowest BCUT2D eigenvalue weighted by molar-refractivity contribution is 0.332. The molecule has 0 N–H and O–H groups in total. The average molecular weight is 200 g/mol. The average Bonchev–Trinajstić information content (AvgIpc) is 2.21. The minimum atomic E-state index is -0.291. The van der Waals surface area contributed by atoms with Crippen molar-refractivity contribution in [2.45, 2.75) is 50.1 Å². The summed E-state index contributed by atoms with van der Waals surface area (Å²) in [4.78, 5) is 0. The zero-order chi connectivity index (χ0) is 8.23. The van der Waals surface area contributed by atoms with E-state index in [0.29, 0.717) is 0 Å². The summed E-state index contributed by atoms with van der Waals surface area (Å²) in [5.74, 6) is 0. The Morgan fingerprint density at radius 1 is 1.08 bits per heavy atom. The smallest absolute Gasteiger partial charge is 0.147 e. The first-order chi connectivity index (χ1) is 5.97.